The van der Waals surface area contributed by atoms with E-state index in [0.717, 1.165) is 24.3 Å². The Bertz CT molecular complexity index is 731. The molecule has 0 bridgehead atoms. The quantitative estimate of drug-likeness (QED) is 0.849. The number of ether oxygens (including phenoxy) is 1. The highest BCUT2D eigenvalue weighted by atomic mass is 16.5. The summed E-state index contributed by atoms with van der Waals surface area (Å²) in [5.74, 6) is 0.976. The molecular formula is C17H22N4O4. The van der Waals surface area contributed by atoms with Crippen molar-refractivity contribution in [2.75, 3.05) is 31.7 Å². The minimum Gasteiger partial charge on any atom is -0.481 e. The fourth-order valence-electron chi connectivity index (χ4n) is 3.22. The summed E-state index contributed by atoms with van der Waals surface area (Å²) in [6, 6.07) is 3.73. The molecule has 1 atom stereocenters. The molecule has 8 nitrogen and oxygen atoms in total. The molecule has 0 aromatic carbocycles. The first kappa shape index (κ1) is 17.3. The maximum absolute atomic E-state index is 11.9. The molecular weight excluding hydrogens is 324 g/mol. The number of hydrogen-bond donors (Lipinski definition) is 1. The van der Waals surface area contributed by atoms with Gasteiger partial charge in [0.15, 0.2) is 5.82 Å². The van der Waals surface area contributed by atoms with Gasteiger partial charge in [-0.1, -0.05) is 5.16 Å². The Hall–Kier alpha value is -2.48. The molecule has 8 heteroatoms. The molecule has 134 valence electrons. The number of carbonyl (C=O) groups is 1. The zero-order valence-corrected chi connectivity index (χ0v) is 14.4. The van der Waals surface area contributed by atoms with E-state index >= 15 is 0 Å². The molecule has 1 fully saturated rings. The van der Waals surface area contributed by atoms with Crippen molar-refractivity contribution in [1.82, 2.24) is 15.1 Å². The molecule has 3 heterocycles. The maximum Gasteiger partial charge on any atom is 0.311 e. The molecule has 1 N–H and O–H groups in total. The molecule has 0 unspecified atom stereocenters. The van der Waals surface area contributed by atoms with Crippen molar-refractivity contribution in [2.24, 2.45) is 5.41 Å². The Labute approximate surface area is 145 Å². The summed E-state index contributed by atoms with van der Waals surface area (Å²) in [4.78, 5) is 22.5. The number of pyridine rings is 1. The highest BCUT2D eigenvalue weighted by molar-refractivity contribution is 5.76. The zero-order chi connectivity index (χ0) is 17.9. The van der Waals surface area contributed by atoms with Gasteiger partial charge in [-0.15, -0.1) is 0 Å². The second-order valence-corrected chi connectivity index (χ2v) is 6.41. The molecule has 0 spiro atoms. The third-order valence-corrected chi connectivity index (χ3v) is 4.66. The number of rotatable bonds is 6. The first-order chi connectivity index (χ1) is 12.0. The van der Waals surface area contributed by atoms with Crippen molar-refractivity contribution in [2.45, 2.75) is 26.2 Å². The van der Waals surface area contributed by atoms with E-state index in [1.807, 2.05) is 17.0 Å². The van der Waals surface area contributed by atoms with Gasteiger partial charge in [-0.3, -0.25) is 4.79 Å². The van der Waals surface area contributed by atoms with Crippen molar-refractivity contribution in [3.63, 3.8) is 0 Å². The number of methoxy groups -OCH3 is 1. The summed E-state index contributed by atoms with van der Waals surface area (Å²) in [6.45, 7) is 3.41. The Morgan fingerprint density at radius 2 is 2.32 bits per heavy atom. The Kier molecular flexibility index (Phi) is 4.98. The van der Waals surface area contributed by atoms with Gasteiger partial charge in [-0.2, -0.15) is 4.98 Å². The molecule has 1 aliphatic heterocycles. The lowest BCUT2D eigenvalue weighted by molar-refractivity contribution is -0.150. The van der Waals surface area contributed by atoms with Crippen LogP contribution in [0.15, 0.2) is 22.9 Å². The summed E-state index contributed by atoms with van der Waals surface area (Å²) in [5.41, 5.74) is -0.0525. The summed E-state index contributed by atoms with van der Waals surface area (Å²) in [7, 11) is 1.59. The predicted molar refractivity (Wildman–Crippen MR) is 90.3 cm³/mol. The summed E-state index contributed by atoms with van der Waals surface area (Å²) in [6.07, 6.45) is 3.63. The van der Waals surface area contributed by atoms with Crippen molar-refractivity contribution in [1.29, 1.82) is 0 Å². The molecule has 1 aliphatic rings. The number of aromatic nitrogens is 3. The van der Waals surface area contributed by atoms with E-state index in [-0.39, 0.29) is 0 Å². The van der Waals surface area contributed by atoms with Crippen LogP contribution in [-0.4, -0.2) is 53.0 Å². The van der Waals surface area contributed by atoms with E-state index in [2.05, 4.69) is 15.1 Å². The van der Waals surface area contributed by atoms with Crippen LogP contribution < -0.4 is 4.90 Å². The summed E-state index contributed by atoms with van der Waals surface area (Å²) >= 11 is 0. The Balaban J connectivity index is 1.77. The van der Waals surface area contributed by atoms with Gasteiger partial charge in [0.05, 0.1) is 11.0 Å². The lowest BCUT2D eigenvalue weighted by Gasteiger charge is -2.40. The fourth-order valence-corrected chi connectivity index (χ4v) is 3.22. The number of nitrogens with zero attached hydrogens (tertiary/aromatic N) is 4. The van der Waals surface area contributed by atoms with E-state index in [1.165, 1.54) is 0 Å². The Morgan fingerprint density at radius 1 is 1.48 bits per heavy atom. The summed E-state index contributed by atoms with van der Waals surface area (Å²) < 4.78 is 10.2. The van der Waals surface area contributed by atoms with E-state index in [9.17, 15) is 9.90 Å². The van der Waals surface area contributed by atoms with Crippen LogP contribution in [-0.2, 0) is 9.53 Å². The number of carboxylic acids is 1. The highest BCUT2D eigenvalue weighted by Crippen LogP contribution is 2.35. The van der Waals surface area contributed by atoms with Gasteiger partial charge in [-0.05, 0) is 38.3 Å². The lowest BCUT2D eigenvalue weighted by Crippen LogP contribution is -2.48. The van der Waals surface area contributed by atoms with Crippen LogP contribution in [0.25, 0.3) is 11.5 Å². The molecule has 2 aromatic rings. The second-order valence-electron chi connectivity index (χ2n) is 6.41. The number of carboxylic acid groups (broad SMARTS) is 1. The second kappa shape index (κ2) is 7.18. The fraction of sp³-hybridized carbons (Fsp3) is 0.529. The van der Waals surface area contributed by atoms with E-state index in [4.69, 9.17) is 9.26 Å². The van der Waals surface area contributed by atoms with Crippen molar-refractivity contribution >= 4 is 11.8 Å². The van der Waals surface area contributed by atoms with Gasteiger partial charge in [0.1, 0.15) is 5.82 Å². The van der Waals surface area contributed by atoms with Crippen molar-refractivity contribution in [3.05, 3.63) is 24.2 Å². The minimum atomic E-state index is -0.793. The van der Waals surface area contributed by atoms with Gasteiger partial charge in [0.2, 0.25) is 0 Å². The van der Waals surface area contributed by atoms with Crippen LogP contribution in [0.3, 0.4) is 0 Å². The van der Waals surface area contributed by atoms with E-state index < -0.39 is 11.4 Å². The molecule has 2 aromatic heterocycles. The van der Waals surface area contributed by atoms with Gasteiger partial charge in [0, 0.05) is 33.0 Å². The molecule has 25 heavy (non-hydrogen) atoms. The Morgan fingerprint density at radius 3 is 2.92 bits per heavy atom. The van der Waals surface area contributed by atoms with Crippen LogP contribution in [0.2, 0.25) is 0 Å². The highest BCUT2D eigenvalue weighted by Gasteiger charge is 2.42. The monoisotopic (exact) mass is 346 g/mol. The first-order valence-corrected chi connectivity index (χ1v) is 8.28. The SMILES string of the molecule is COCC[C@@]1(C(=O)O)CCCN(c2ccc(-c3nc(C)no3)cn2)C1. The third kappa shape index (κ3) is 3.63. The molecule has 0 aliphatic carbocycles. The number of anilines is 1. The van der Waals surface area contributed by atoms with Crippen molar-refractivity contribution < 1.29 is 19.2 Å². The predicted octanol–water partition coefficient (Wildman–Crippen LogP) is 2.15. The van der Waals surface area contributed by atoms with Gasteiger partial charge in [0.25, 0.3) is 5.89 Å². The van der Waals surface area contributed by atoms with Crippen LogP contribution in [0.4, 0.5) is 5.82 Å². The molecule has 1 saturated heterocycles. The standard InChI is InChI=1S/C17H22N4O4/c1-12-19-15(25-20-12)13-4-5-14(18-10-13)21-8-3-6-17(11-21,16(22)23)7-9-24-2/h4-5,10H,3,6-9,11H2,1-2H3,(H,22,23)/t17-/m0/s1. The van der Waals surface area contributed by atoms with Gasteiger partial charge in [-0.25, -0.2) is 4.98 Å². The van der Waals surface area contributed by atoms with E-state index in [1.54, 1.807) is 20.2 Å². The normalized spacial score (nSPS) is 20.6. The van der Waals surface area contributed by atoms with Gasteiger partial charge < -0.3 is 19.3 Å². The lowest BCUT2D eigenvalue weighted by atomic mass is 9.77. The minimum absolute atomic E-state index is 0.426. The maximum atomic E-state index is 11.9. The van der Waals surface area contributed by atoms with Gasteiger partial charge >= 0.3 is 5.97 Å². The third-order valence-electron chi connectivity index (χ3n) is 4.66. The number of piperidine rings is 1. The van der Waals surface area contributed by atoms with Crippen LogP contribution in [0, 0.1) is 12.3 Å². The largest absolute Gasteiger partial charge is 0.481 e. The first-order valence-electron chi connectivity index (χ1n) is 8.28. The van der Waals surface area contributed by atoms with Crippen molar-refractivity contribution in [3.8, 4) is 11.5 Å². The van der Waals surface area contributed by atoms with E-state index in [0.29, 0.717) is 37.7 Å². The van der Waals surface area contributed by atoms with Crippen LogP contribution in [0.5, 0.6) is 0 Å². The smallest absolute Gasteiger partial charge is 0.311 e. The number of aryl methyl sites for hydroxylation is 1. The summed E-state index contributed by atoms with van der Waals surface area (Å²) in [5, 5.41) is 13.5. The number of aliphatic carboxylic acids is 1. The zero-order valence-electron chi connectivity index (χ0n) is 14.4. The molecule has 0 saturated carbocycles. The average Bonchev–Trinajstić information content (AvgIpc) is 3.06. The molecule has 0 radical (unpaired) electrons. The molecule has 3 rings (SSSR count). The topological polar surface area (TPSA) is 102 Å². The van der Waals surface area contributed by atoms with Crippen LogP contribution in [0.1, 0.15) is 25.1 Å². The number of hydrogen-bond acceptors (Lipinski definition) is 7. The average molecular weight is 346 g/mol. The molecule has 0 amide bonds. The van der Waals surface area contributed by atoms with Crippen LogP contribution >= 0.6 is 0 Å².